The minimum absolute atomic E-state index is 0.278. The van der Waals surface area contributed by atoms with Crippen LogP contribution in [0.25, 0.3) is 0 Å². The topological polar surface area (TPSA) is 94.6 Å². The summed E-state index contributed by atoms with van der Waals surface area (Å²) in [5.41, 5.74) is 1.40. The Morgan fingerprint density at radius 3 is 2.40 bits per heavy atom. The minimum Gasteiger partial charge on any atom is -0.497 e. The van der Waals surface area contributed by atoms with Crippen molar-refractivity contribution in [2.45, 2.75) is 23.2 Å². The molecule has 1 amide bonds. The first-order valence-electron chi connectivity index (χ1n) is 11.0. The summed E-state index contributed by atoms with van der Waals surface area (Å²) >= 11 is 1.35. The number of likely N-dealkylation sites (N-methyl/N-ethyl adjacent to an activating group) is 1. The van der Waals surface area contributed by atoms with Crippen LogP contribution in [-0.2, 0) is 23.9 Å². The fourth-order valence-electron chi connectivity index (χ4n) is 3.59. The number of carbonyl (C=O) groups is 3. The molecule has 1 heterocycles. The number of rotatable bonds is 9. The smallest absolute Gasteiger partial charge is 0.343 e. The van der Waals surface area contributed by atoms with Crippen molar-refractivity contribution in [1.82, 2.24) is 4.90 Å². The van der Waals surface area contributed by atoms with E-state index in [0.29, 0.717) is 35.2 Å². The number of benzene rings is 2. The largest absolute Gasteiger partial charge is 0.497 e. The van der Waals surface area contributed by atoms with Crippen LogP contribution in [0, 0.1) is 0 Å². The van der Waals surface area contributed by atoms with Gasteiger partial charge in [0.15, 0.2) is 12.7 Å². The maximum Gasteiger partial charge on any atom is 0.343 e. The number of anilines is 1. The van der Waals surface area contributed by atoms with E-state index in [9.17, 15) is 14.4 Å². The number of amides is 1. The Balaban J connectivity index is 2.13. The van der Waals surface area contributed by atoms with Crippen molar-refractivity contribution in [3.63, 3.8) is 0 Å². The van der Waals surface area contributed by atoms with Crippen molar-refractivity contribution >= 4 is 35.3 Å². The molecule has 1 aliphatic heterocycles. The standard InChI is InChI=1S/C25H30N2O7S/c1-16(28)34-22-23(17-9-11-18(31-4)12-10-17)35-24-19(27(25(22)30)14-13-26(2)3)7-6-8-20(24)33-15-21(29)32-5/h6-12,22-23H,13-15H2,1-5H3/t22-,23+/m1/s1. The van der Waals surface area contributed by atoms with Crippen LogP contribution in [0.4, 0.5) is 5.69 Å². The molecule has 0 saturated carbocycles. The van der Waals surface area contributed by atoms with Crippen LogP contribution in [-0.4, -0.2) is 76.9 Å². The summed E-state index contributed by atoms with van der Waals surface area (Å²) < 4.78 is 21.4. The highest BCUT2D eigenvalue weighted by molar-refractivity contribution is 8.00. The Labute approximate surface area is 209 Å². The van der Waals surface area contributed by atoms with Crippen LogP contribution in [0.1, 0.15) is 17.7 Å². The van der Waals surface area contributed by atoms with Crippen LogP contribution in [0.2, 0.25) is 0 Å². The fraction of sp³-hybridized carbons (Fsp3) is 0.400. The maximum atomic E-state index is 13.9. The third-order valence-electron chi connectivity index (χ3n) is 5.36. The Bertz CT molecular complexity index is 1060. The van der Waals surface area contributed by atoms with E-state index in [2.05, 4.69) is 0 Å². The first-order valence-corrected chi connectivity index (χ1v) is 11.9. The number of hydrogen-bond donors (Lipinski definition) is 0. The van der Waals surface area contributed by atoms with Crippen molar-refractivity contribution in [2.75, 3.05) is 52.9 Å². The van der Waals surface area contributed by atoms with Crippen LogP contribution in [0.5, 0.6) is 11.5 Å². The number of nitrogens with zero attached hydrogens (tertiary/aromatic N) is 2. The average molecular weight is 503 g/mol. The summed E-state index contributed by atoms with van der Waals surface area (Å²) in [5.74, 6) is -0.311. The summed E-state index contributed by atoms with van der Waals surface area (Å²) in [4.78, 5) is 41.9. The highest BCUT2D eigenvalue weighted by Crippen LogP contribution is 2.50. The molecular formula is C25H30N2O7S. The molecule has 188 valence electrons. The summed E-state index contributed by atoms with van der Waals surface area (Å²) in [6, 6.07) is 12.6. The van der Waals surface area contributed by atoms with Gasteiger partial charge in [-0.3, -0.25) is 9.59 Å². The third kappa shape index (κ3) is 6.46. The second kappa shape index (κ2) is 11.9. The first-order chi connectivity index (χ1) is 16.7. The van der Waals surface area contributed by atoms with E-state index in [-0.39, 0.29) is 12.5 Å². The van der Waals surface area contributed by atoms with Crippen molar-refractivity contribution in [1.29, 1.82) is 0 Å². The third-order valence-corrected chi connectivity index (χ3v) is 6.78. The highest BCUT2D eigenvalue weighted by Gasteiger charge is 2.41. The number of hydrogen-bond acceptors (Lipinski definition) is 9. The van der Waals surface area contributed by atoms with Gasteiger partial charge in [-0.1, -0.05) is 18.2 Å². The van der Waals surface area contributed by atoms with E-state index in [1.54, 1.807) is 36.3 Å². The quantitative estimate of drug-likeness (QED) is 0.480. The van der Waals surface area contributed by atoms with Crippen LogP contribution in [0.3, 0.4) is 0 Å². The molecule has 2 aromatic rings. The van der Waals surface area contributed by atoms with Gasteiger partial charge in [0.1, 0.15) is 11.5 Å². The van der Waals surface area contributed by atoms with Crippen molar-refractivity contribution < 1.29 is 33.3 Å². The van der Waals surface area contributed by atoms with E-state index in [1.807, 2.05) is 37.2 Å². The SMILES string of the molecule is COC(=O)COc1cccc2c1S[C@@H](c1ccc(OC)cc1)[C@@H](OC(C)=O)C(=O)N2CCN(C)C. The Hall–Kier alpha value is -3.24. The fourth-order valence-corrected chi connectivity index (χ4v) is 4.98. The molecule has 0 bridgehead atoms. The molecule has 0 spiro atoms. The summed E-state index contributed by atoms with van der Waals surface area (Å²) in [6.45, 7) is 1.96. The van der Waals surface area contributed by atoms with Gasteiger partial charge in [0.05, 0.1) is 30.1 Å². The van der Waals surface area contributed by atoms with Gasteiger partial charge in [0.25, 0.3) is 5.91 Å². The molecular weight excluding hydrogens is 472 g/mol. The maximum absolute atomic E-state index is 13.9. The van der Waals surface area contributed by atoms with E-state index in [0.717, 1.165) is 5.56 Å². The van der Waals surface area contributed by atoms with Crippen molar-refractivity contribution in [3.05, 3.63) is 48.0 Å². The molecule has 0 N–H and O–H groups in total. The number of esters is 2. The Morgan fingerprint density at radius 1 is 1.09 bits per heavy atom. The minimum atomic E-state index is -1.08. The molecule has 0 unspecified atom stereocenters. The molecule has 0 saturated heterocycles. The van der Waals surface area contributed by atoms with Gasteiger partial charge in [-0.05, 0) is 43.9 Å². The number of fused-ring (bicyclic) bond motifs is 1. The zero-order valence-corrected chi connectivity index (χ0v) is 21.3. The number of thioether (sulfide) groups is 1. The molecule has 0 radical (unpaired) electrons. The number of methoxy groups -OCH3 is 2. The van der Waals surface area contributed by atoms with Gasteiger partial charge in [-0.2, -0.15) is 0 Å². The van der Waals surface area contributed by atoms with Gasteiger partial charge in [-0.15, -0.1) is 11.8 Å². The zero-order valence-electron chi connectivity index (χ0n) is 20.5. The molecule has 1 aliphatic rings. The second-order valence-corrected chi connectivity index (χ2v) is 9.26. The Kier molecular flexibility index (Phi) is 9.00. The lowest BCUT2D eigenvalue weighted by atomic mass is 10.1. The molecule has 2 atom stereocenters. The van der Waals surface area contributed by atoms with Crippen LogP contribution < -0.4 is 14.4 Å². The van der Waals surface area contributed by atoms with E-state index in [4.69, 9.17) is 18.9 Å². The zero-order chi connectivity index (χ0) is 25.5. The molecule has 35 heavy (non-hydrogen) atoms. The predicted molar refractivity (Wildman–Crippen MR) is 132 cm³/mol. The summed E-state index contributed by atoms with van der Waals surface area (Å²) in [5, 5.41) is -0.566. The van der Waals surface area contributed by atoms with Crippen LogP contribution in [0.15, 0.2) is 47.4 Å². The van der Waals surface area contributed by atoms with E-state index < -0.39 is 23.3 Å². The van der Waals surface area contributed by atoms with Gasteiger partial charge in [-0.25, -0.2) is 4.79 Å². The van der Waals surface area contributed by atoms with Gasteiger partial charge in [0, 0.05) is 20.0 Å². The van der Waals surface area contributed by atoms with Gasteiger partial charge >= 0.3 is 11.9 Å². The normalized spacial score (nSPS) is 17.4. The summed E-state index contributed by atoms with van der Waals surface area (Å²) in [7, 11) is 6.69. The molecule has 2 aromatic carbocycles. The van der Waals surface area contributed by atoms with Gasteiger partial charge < -0.3 is 28.7 Å². The van der Waals surface area contributed by atoms with E-state index in [1.165, 1.54) is 25.8 Å². The lowest BCUT2D eigenvalue weighted by Gasteiger charge is -2.28. The molecule has 3 rings (SSSR count). The average Bonchev–Trinajstić information content (AvgIpc) is 2.95. The predicted octanol–water partition coefficient (Wildman–Crippen LogP) is 2.92. The first kappa shape index (κ1) is 26.4. The van der Waals surface area contributed by atoms with Crippen molar-refractivity contribution in [3.8, 4) is 11.5 Å². The lowest BCUT2D eigenvalue weighted by molar-refractivity contribution is -0.152. The van der Waals surface area contributed by atoms with Crippen LogP contribution >= 0.6 is 11.8 Å². The number of carbonyl (C=O) groups excluding carboxylic acids is 3. The van der Waals surface area contributed by atoms with E-state index >= 15 is 0 Å². The molecule has 0 fully saturated rings. The highest BCUT2D eigenvalue weighted by atomic mass is 32.2. The monoisotopic (exact) mass is 502 g/mol. The molecule has 10 heteroatoms. The van der Waals surface area contributed by atoms with Gasteiger partial charge in [0.2, 0.25) is 0 Å². The number of ether oxygens (including phenoxy) is 4. The second-order valence-electron chi connectivity index (χ2n) is 8.10. The molecule has 0 aliphatic carbocycles. The van der Waals surface area contributed by atoms with Crippen molar-refractivity contribution in [2.24, 2.45) is 0 Å². The Morgan fingerprint density at radius 2 is 1.80 bits per heavy atom. The molecule has 0 aromatic heterocycles. The lowest BCUT2D eigenvalue weighted by Crippen LogP contribution is -2.45. The summed E-state index contributed by atoms with van der Waals surface area (Å²) in [6.07, 6.45) is -1.08. The molecule has 9 nitrogen and oxygen atoms in total.